The molecule has 0 saturated carbocycles. The van der Waals surface area contributed by atoms with E-state index in [1.165, 1.54) is 55.5 Å². The summed E-state index contributed by atoms with van der Waals surface area (Å²) in [4.78, 5) is 0. The van der Waals surface area contributed by atoms with E-state index in [1.54, 1.807) is 6.07 Å². The summed E-state index contributed by atoms with van der Waals surface area (Å²) < 4.78 is 59.0. The molecule has 0 nitrogen and oxygen atoms in total. The van der Waals surface area contributed by atoms with Crippen molar-refractivity contribution in [2.75, 3.05) is 55.5 Å². The van der Waals surface area contributed by atoms with Crippen LogP contribution >= 0.6 is 23.8 Å². The van der Waals surface area contributed by atoms with Gasteiger partial charge in [0.25, 0.3) is 0 Å². The summed E-state index contributed by atoms with van der Waals surface area (Å²) in [5.41, 5.74) is -0.397. The number of hydrogen-bond acceptors (Lipinski definition) is 0. The summed E-state index contributed by atoms with van der Waals surface area (Å²) in [6.45, 7) is 24.0. The van der Waals surface area contributed by atoms with Gasteiger partial charge < -0.3 is 6.92 Å². The van der Waals surface area contributed by atoms with Crippen molar-refractivity contribution in [1.29, 1.82) is 0 Å². The molecule has 1 aromatic carbocycles. The van der Waals surface area contributed by atoms with Crippen LogP contribution in [0.25, 0.3) is 0 Å². The molecule has 1 rings (SSSR count). The molecule has 0 heterocycles. The molecule has 0 aliphatic carbocycles. The quantitative estimate of drug-likeness (QED) is 0.0589. The fraction of sp³-hybridized carbons (Fsp3) is 0.731. The van der Waals surface area contributed by atoms with E-state index in [0.29, 0.717) is 0 Å². The minimum absolute atomic E-state index is 0.137. The van der Waals surface area contributed by atoms with Crippen molar-refractivity contribution >= 4 is 23.8 Å². The van der Waals surface area contributed by atoms with Gasteiger partial charge >= 0.3 is 22.1 Å². The average Bonchev–Trinajstić information content (AvgIpc) is 2.90. The molecule has 0 radical (unpaired) electrons. The third-order valence-corrected chi connectivity index (χ3v) is 14.9. The van der Waals surface area contributed by atoms with Crippen LogP contribution in [-0.4, -0.2) is 55.5 Å². The molecule has 0 fully saturated rings. The van der Waals surface area contributed by atoms with Crippen LogP contribution in [-0.2, 0) is 25.2 Å². The van der Waals surface area contributed by atoms with E-state index >= 15 is 0 Å². The summed E-state index contributed by atoms with van der Waals surface area (Å²) in [5.74, 6) is -6.61. The van der Waals surface area contributed by atoms with E-state index < -0.39 is 28.8 Å². The Balaban J connectivity index is -0.000000185. The summed E-state index contributed by atoms with van der Waals surface area (Å²) in [7, 11) is 0.412. The molecule has 0 atom stereocenters. The Hall–Kier alpha value is 0.783. The topological polar surface area (TPSA) is 0 Å². The first-order valence-corrected chi connectivity index (χ1v) is 19.8. The van der Waals surface area contributed by atoms with Crippen molar-refractivity contribution < 1.29 is 39.7 Å². The van der Waals surface area contributed by atoms with E-state index in [1.807, 2.05) is 0 Å². The second-order valence-electron chi connectivity index (χ2n) is 7.54. The molecule has 0 N–H and O–H groups in total. The number of halogens is 5. The van der Waals surface area contributed by atoms with Crippen LogP contribution in [0, 0.1) is 36.3 Å². The van der Waals surface area contributed by atoms with Gasteiger partial charge in [0.05, 0.1) is 67.1 Å². The first-order valence-electron chi connectivity index (χ1n) is 12.8. The second-order valence-corrected chi connectivity index (χ2v) is 18.4. The molecule has 0 aliphatic heterocycles. The van der Waals surface area contributed by atoms with Crippen molar-refractivity contribution in [3.8, 4) is 0 Å². The predicted octanol–water partition coefficient (Wildman–Crippen LogP) is 9.62. The first-order chi connectivity index (χ1) is 16.6. The van der Waals surface area contributed by atoms with E-state index in [0.717, 1.165) is 18.8 Å². The Labute approximate surface area is 228 Å². The van der Waals surface area contributed by atoms with Gasteiger partial charge in [0.15, 0.2) is 0 Å². The molecule has 0 bridgehead atoms. The Bertz CT molecular complexity index is 523. The molecule has 0 aliphatic rings. The molecule has 212 valence electrons. The van der Waals surface area contributed by atoms with Gasteiger partial charge in [-0.15, -0.1) is 6.07 Å². The molecule has 0 amide bonds. The van der Waals surface area contributed by atoms with Gasteiger partial charge in [0, 0.05) is 11.6 Å². The summed E-state index contributed by atoms with van der Waals surface area (Å²) in [6.07, 6.45) is 12.9. The van der Waals surface area contributed by atoms with Gasteiger partial charge in [-0.1, -0.05) is 0 Å². The third kappa shape index (κ3) is 22.5. The fourth-order valence-electron chi connectivity index (χ4n) is 2.99. The van der Waals surface area contributed by atoms with Gasteiger partial charge in [0.2, 0.25) is 0 Å². The Morgan fingerprint density at radius 1 is 0.543 bits per heavy atom. The zero-order valence-corrected chi connectivity index (χ0v) is 28.1. The molecule has 0 spiro atoms. The molecule has 0 aromatic heterocycles. The zero-order valence-electron chi connectivity index (χ0n) is 23.5. The van der Waals surface area contributed by atoms with Crippen LogP contribution in [0.1, 0.15) is 67.9 Å². The number of rotatable bonds is 10. The van der Waals surface area contributed by atoms with Crippen molar-refractivity contribution in [2.45, 2.75) is 68.7 Å². The second kappa shape index (κ2) is 31.0. The van der Waals surface area contributed by atoms with Crippen molar-refractivity contribution in [2.24, 2.45) is 0 Å². The van der Waals surface area contributed by atoms with E-state index in [9.17, 15) is 20.9 Å². The van der Waals surface area contributed by atoms with Crippen LogP contribution in [0.5, 0.6) is 0 Å². The van der Waals surface area contributed by atoms with Crippen LogP contribution in [0.15, 0.2) is 0 Å². The number of benzene rings is 1. The van der Waals surface area contributed by atoms with Crippen LogP contribution in [0.3, 0.4) is 0 Å². The van der Waals surface area contributed by atoms with E-state index in [2.05, 4.69) is 69.2 Å². The van der Waals surface area contributed by atoms with Gasteiger partial charge in [-0.3, -0.25) is 8.78 Å². The van der Waals surface area contributed by atoms with Crippen LogP contribution < -0.4 is 0 Å². The standard InChI is InChI=1S/C8H4F4.3C6H15P.FH.Rh/c1-2-4-3-5(9)7(11)8(12)6(4)10;3*1-4-7(5-2)6-3;;/h1-2H2;3*4-6H2,1-3H3;1H;/q-2;;;;;+3/p+2. The average molecular weight is 656 g/mol. The van der Waals surface area contributed by atoms with Gasteiger partial charge in [-0.2, -0.15) is 12.0 Å². The maximum atomic E-state index is 12.6. The summed E-state index contributed by atoms with van der Waals surface area (Å²) in [5, 5.41) is 0. The molecule has 35 heavy (non-hydrogen) atoms. The van der Waals surface area contributed by atoms with Crippen LogP contribution in [0.4, 0.5) is 20.9 Å². The Morgan fingerprint density at radius 3 is 0.971 bits per heavy atom. The number of hydrogen-bond donors (Lipinski definition) is 0. The van der Waals surface area contributed by atoms with Gasteiger partial charge in [-0.25, -0.2) is 8.78 Å². The van der Waals surface area contributed by atoms with Crippen molar-refractivity contribution in [1.82, 2.24) is 0 Å². The van der Waals surface area contributed by atoms with Gasteiger partial charge in [-0.05, 0) is 86.1 Å². The molecule has 1 aromatic rings. The summed E-state index contributed by atoms with van der Waals surface area (Å²) >= 11 is 1.05. The maximum absolute atomic E-state index is 12.6. The predicted molar refractivity (Wildman–Crippen MR) is 155 cm³/mol. The third-order valence-electron chi connectivity index (χ3n) is 5.85. The molecular weight excluding hydrogens is 603 g/mol. The SMILES string of the molecule is CC[PH+](CC)CC.CC[PH+](CC)CC.CC[PH+](CC)CC.[CH2-]Cc1[c-]c(F)c(F)c(F)c1F.[F][Rh+2]. The molecule has 9 heteroatoms. The molecule has 0 unspecified atom stereocenters. The van der Waals surface area contributed by atoms with E-state index in [-0.39, 0.29) is 30.2 Å². The molecule has 0 saturated heterocycles. The van der Waals surface area contributed by atoms with E-state index in [4.69, 9.17) is 0 Å². The van der Waals surface area contributed by atoms with Crippen molar-refractivity contribution in [3.05, 3.63) is 41.8 Å². The van der Waals surface area contributed by atoms with Gasteiger partial charge in [0.1, 0.15) is 0 Å². The summed E-state index contributed by atoms with van der Waals surface area (Å²) in [6, 6.07) is 1.72. The zero-order chi connectivity index (χ0) is 28.4. The first kappa shape index (κ1) is 42.9. The minimum atomic E-state index is -1.84. The molecular formula is C26H52F5P3Rh+3. The van der Waals surface area contributed by atoms with Crippen LogP contribution in [0.2, 0.25) is 0 Å². The monoisotopic (exact) mass is 655 g/mol. The van der Waals surface area contributed by atoms with Crippen molar-refractivity contribution in [3.63, 3.8) is 0 Å². The fourth-order valence-corrected chi connectivity index (χ4v) is 7.49. The Kier molecular flexibility index (Phi) is 38.0. The normalized spacial score (nSPS) is 9.91. The Morgan fingerprint density at radius 2 is 0.800 bits per heavy atom.